The fraction of sp³-hybridized carbons (Fsp3) is 0.786. The number of anilines is 1. The molecule has 0 N–H and O–H groups in total. The number of unbranched alkanes of at least 4 members (excludes halogenated alkanes) is 1. The van der Waals surface area contributed by atoms with Gasteiger partial charge < -0.3 is 9.64 Å². The normalized spacial score (nSPS) is 16.1. The van der Waals surface area contributed by atoms with E-state index in [0.717, 1.165) is 25.4 Å². The summed E-state index contributed by atoms with van der Waals surface area (Å²) in [7, 11) is 3.75. The van der Waals surface area contributed by atoms with E-state index in [4.69, 9.17) is 4.74 Å². The van der Waals surface area contributed by atoms with Crippen LogP contribution in [0.3, 0.4) is 0 Å². The molecule has 0 atom stereocenters. The van der Waals surface area contributed by atoms with Crippen LogP contribution >= 0.6 is 0 Å². The Morgan fingerprint density at radius 3 is 2.56 bits per heavy atom. The third-order valence-electron chi connectivity index (χ3n) is 3.70. The average molecular weight is 251 g/mol. The van der Waals surface area contributed by atoms with Gasteiger partial charge in [-0.05, 0) is 32.1 Å². The van der Waals surface area contributed by atoms with Crippen LogP contribution in [0.5, 0.6) is 5.88 Å². The van der Waals surface area contributed by atoms with Gasteiger partial charge in [-0.1, -0.05) is 13.3 Å². The molecule has 0 aliphatic carbocycles. The first-order valence-corrected chi connectivity index (χ1v) is 7.12. The summed E-state index contributed by atoms with van der Waals surface area (Å²) in [4.78, 5) is 2.48. The number of hydrogen-bond donors (Lipinski definition) is 0. The van der Waals surface area contributed by atoms with E-state index in [2.05, 4.69) is 16.9 Å². The summed E-state index contributed by atoms with van der Waals surface area (Å²) in [5.74, 6) is 2.09. The fourth-order valence-electron chi connectivity index (χ4n) is 2.77. The predicted octanol–water partition coefficient (Wildman–Crippen LogP) is 2.76. The lowest BCUT2D eigenvalue weighted by atomic mass is 10.1. The number of aryl methyl sites for hydroxylation is 1. The van der Waals surface area contributed by atoms with Gasteiger partial charge in [0.05, 0.1) is 12.7 Å². The molecule has 1 aliphatic heterocycles. The predicted molar refractivity (Wildman–Crippen MR) is 74.4 cm³/mol. The minimum absolute atomic E-state index is 0.812. The molecule has 0 amide bonds. The molecule has 0 radical (unpaired) electrons. The zero-order valence-corrected chi connectivity index (χ0v) is 11.9. The molecular formula is C14H25N3O. The Kier molecular flexibility index (Phi) is 4.50. The summed E-state index contributed by atoms with van der Waals surface area (Å²) < 4.78 is 7.43. The SMILES string of the molecule is CCCCc1c(OC)nn(C)c1N1CCCCC1. The first-order valence-electron chi connectivity index (χ1n) is 7.12. The number of rotatable bonds is 5. The summed E-state index contributed by atoms with van der Waals surface area (Å²) in [5, 5.41) is 4.51. The van der Waals surface area contributed by atoms with Crippen molar-refractivity contribution < 1.29 is 4.74 Å². The van der Waals surface area contributed by atoms with Crippen molar-refractivity contribution in [3.8, 4) is 5.88 Å². The van der Waals surface area contributed by atoms with Crippen LogP contribution in [0.15, 0.2) is 0 Å². The average Bonchev–Trinajstić information content (AvgIpc) is 2.73. The summed E-state index contributed by atoms with van der Waals surface area (Å²) in [6, 6.07) is 0. The molecule has 0 aromatic carbocycles. The van der Waals surface area contributed by atoms with E-state index in [1.54, 1.807) is 7.11 Å². The molecule has 2 rings (SSSR count). The number of methoxy groups -OCH3 is 1. The Labute approximate surface area is 110 Å². The quantitative estimate of drug-likeness (QED) is 0.806. The van der Waals surface area contributed by atoms with Crippen molar-refractivity contribution in [2.75, 3.05) is 25.1 Å². The highest BCUT2D eigenvalue weighted by molar-refractivity contribution is 5.53. The van der Waals surface area contributed by atoms with Crippen molar-refractivity contribution >= 4 is 5.82 Å². The van der Waals surface area contributed by atoms with E-state index in [1.165, 1.54) is 43.5 Å². The Balaban J connectivity index is 2.27. The van der Waals surface area contributed by atoms with Crippen LogP contribution in [0.2, 0.25) is 0 Å². The Hall–Kier alpha value is -1.19. The van der Waals surface area contributed by atoms with Crippen molar-refractivity contribution in [3.63, 3.8) is 0 Å². The van der Waals surface area contributed by atoms with Crippen molar-refractivity contribution in [1.82, 2.24) is 9.78 Å². The molecule has 2 heterocycles. The lowest BCUT2D eigenvalue weighted by Crippen LogP contribution is -2.31. The maximum Gasteiger partial charge on any atom is 0.237 e. The molecule has 0 bridgehead atoms. The van der Waals surface area contributed by atoms with Crippen LogP contribution in [-0.2, 0) is 13.5 Å². The van der Waals surface area contributed by atoms with Crippen LogP contribution in [0.4, 0.5) is 5.82 Å². The van der Waals surface area contributed by atoms with Crippen LogP contribution in [0, 0.1) is 0 Å². The molecule has 1 aromatic rings. The van der Waals surface area contributed by atoms with Crippen LogP contribution in [0.25, 0.3) is 0 Å². The number of piperidine rings is 1. The standard InChI is InChI=1S/C14H25N3O/c1-4-5-9-12-13(18-3)15-16(2)14(12)17-10-7-6-8-11-17/h4-11H2,1-3H3. The van der Waals surface area contributed by atoms with Crippen molar-refractivity contribution in [2.24, 2.45) is 7.05 Å². The smallest absolute Gasteiger partial charge is 0.237 e. The van der Waals surface area contributed by atoms with Gasteiger partial charge >= 0.3 is 0 Å². The molecule has 4 heteroatoms. The van der Waals surface area contributed by atoms with Gasteiger partial charge in [0.2, 0.25) is 5.88 Å². The van der Waals surface area contributed by atoms with Gasteiger partial charge in [-0.15, -0.1) is 5.10 Å². The molecule has 1 aliphatic rings. The van der Waals surface area contributed by atoms with E-state index in [-0.39, 0.29) is 0 Å². The van der Waals surface area contributed by atoms with Crippen LogP contribution in [0.1, 0.15) is 44.6 Å². The molecule has 102 valence electrons. The summed E-state index contributed by atoms with van der Waals surface area (Å²) >= 11 is 0. The van der Waals surface area contributed by atoms with Crippen LogP contribution in [-0.4, -0.2) is 30.0 Å². The minimum atomic E-state index is 0.812. The van der Waals surface area contributed by atoms with Gasteiger partial charge in [0.1, 0.15) is 5.82 Å². The van der Waals surface area contributed by atoms with Gasteiger partial charge in [0, 0.05) is 20.1 Å². The maximum atomic E-state index is 5.44. The van der Waals surface area contributed by atoms with E-state index in [0.29, 0.717) is 0 Å². The lowest BCUT2D eigenvalue weighted by molar-refractivity contribution is 0.387. The fourth-order valence-corrected chi connectivity index (χ4v) is 2.77. The molecule has 1 aromatic heterocycles. The molecule has 4 nitrogen and oxygen atoms in total. The summed E-state index contributed by atoms with van der Waals surface area (Å²) in [5.41, 5.74) is 1.30. The second-order valence-electron chi connectivity index (χ2n) is 5.09. The zero-order chi connectivity index (χ0) is 13.0. The van der Waals surface area contributed by atoms with Crippen molar-refractivity contribution in [3.05, 3.63) is 5.56 Å². The third-order valence-corrected chi connectivity index (χ3v) is 3.70. The largest absolute Gasteiger partial charge is 0.480 e. The highest BCUT2D eigenvalue weighted by atomic mass is 16.5. The Bertz CT molecular complexity index is 381. The van der Waals surface area contributed by atoms with Gasteiger partial charge in [-0.25, -0.2) is 4.68 Å². The molecule has 18 heavy (non-hydrogen) atoms. The highest BCUT2D eigenvalue weighted by Gasteiger charge is 2.22. The van der Waals surface area contributed by atoms with E-state index >= 15 is 0 Å². The molecular weight excluding hydrogens is 226 g/mol. The molecule has 0 spiro atoms. The first kappa shape index (κ1) is 13.2. The van der Waals surface area contributed by atoms with Crippen molar-refractivity contribution in [2.45, 2.75) is 45.4 Å². The monoisotopic (exact) mass is 251 g/mol. The number of hydrogen-bond acceptors (Lipinski definition) is 3. The summed E-state index contributed by atoms with van der Waals surface area (Å²) in [6.45, 7) is 4.53. The van der Waals surface area contributed by atoms with Gasteiger partial charge in [-0.2, -0.15) is 0 Å². The molecule has 1 fully saturated rings. The highest BCUT2D eigenvalue weighted by Crippen LogP contribution is 2.31. The third kappa shape index (κ3) is 2.62. The number of aromatic nitrogens is 2. The zero-order valence-electron chi connectivity index (χ0n) is 11.9. The number of nitrogens with zero attached hydrogens (tertiary/aromatic N) is 3. The molecule has 0 unspecified atom stereocenters. The Morgan fingerprint density at radius 1 is 1.22 bits per heavy atom. The molecule has 0 saturated carbocycles. The maximum absolute atomic E-state index is 5.44. The number of ether oxygens (including phenoxy) is 1. The van der Waals surface area contributed by atoms with Gasteiger partial charge in [0.25, 0.3) is 0 Å². The van der Waals surface area contributed by atoms with Gasteiger partial charge in [-0.3, -0.25) is 0 Å². The van der Waals surface area contributed by atoms with Crippen LogP contribution < -0.4 is 9.64 Å². The minimum Gasteiger partial charge on any atom is -0.480 e. The second-order valence-corrected chi connectivity index (χ2v) is 5.09. The lowest BCUT2D eigenvalue weighted by Gasteiger charge is -2.29. The van der Waals surface area contributed by atoms with Gasteiger partial charge in [0.15, 0.2) is 0 Å². The van der Waals surface area contributed by atoms with Crippen molar-refractivity contribution in [1.29, 1.82) is 0 Å². The topological polar surface area (TPSA) is 30.3 Å². The van der Waals surface area contributed by atoms with E-state index < -0.39 is 0 Å². The molecule has 1 saturated heterocycles. The Morgan fingerprint density at radius 2 is 1.94 bits per heavy atom. The second kappa shape index (κ2) is 6.12. The first-order chi connectivity index (χ1) is 8.77. The van der Waals surface area contributed by atoms with E-state index in [1.807, 2.05) is 11.7 Å². The van der Waals surface area contributed by atoms with E-state index in [9.17, 15) is 0 Å². The summed E-state index contributed by atoms with van der Waals surface area (Å²) in [6.07, 6.45) is 7.41.